The number of nitro benzene ring substituents is 1. The van der Waals surface area contributed by atoms with Crippen molar-refractivity contribution in [3.05, 3.63) is 46.5 Å². The minimum atomic E-state index is -4.03. The van der Waals surface area contributed by atoms with Crippen LogP contribution in [0.1, 0.15) is 0 Å². The maximum Gasteiger partial charge on any atom is 0.271 e. The first kappa shape index (κ1) is 21.7. The number of nitrogens with zero attached hydrogens (tertiary/aromatic N) is 3. The van der Waals surface area contributed by atoms with E-state index in [-0.39, 0.29) is 22.0 Å². The fraction of sp³-hybridized carbons (Fsp3) is 0.368. The van der Waals surface area contributed by atoms with Crippen LogP contribution in [0.25, 0.3) is 0 Å². The summed E-state index contributed by atoms with van der Waals surface area (Å²) in [6.45, 7) is 2.97. The highest BCUT2D eigenvalue weighted by atomic mass is 32.2. The van der Waals surface area contributed by atoms with Gasteiger partial charge < -0.3 is 19.3 Å². The number of benzene rings is 2. The number of hydrogen-bond donors (Lipinski definition) is 1. The van der Waals surface area contributed by atoms with E-state index in [1.54, 1.807) is 6.07 Å². The Labute approximate surface area is 175 Å². The maximum atomic E-state index is 13.0. The number of ether oxygens (including phenoxy) is 2. The summed E-state index contributed by atoms with van der Waals surface area (Å²) in [7, 11) is 0.842. The van der Waals surface area contributed by atoms with Gasteiger partial charge in [-0.25, -0.2) is 8.42 Å². The number of likely N-dealkylation sites (N-methyl/N-ethyl adjacent to an activating group) is 1. The molecule has 2 aromatic carbocycles. The van der Waals surface area contributed by atoms with E-state index >= 15 is 0 Å². The Hall–Kier alpha value is -3.05. The molecular formula is C19H24N4O6S. The second kappa shape index (κ2) is 8.76. The number of methoxy groups -OCH3 is 2. The first-order valence-electron chi connectivity index (χ1n) is 9.22. The quantitative estimate of drug-likeness (QED) is 0.519. The van der Waals surface area contributed by atoms with Gasteiger partial charge in [-0.15, -0.1) is 0 Å². The molecule has 1 aliphatic heterocycles. The number of rotatable bonds is 7. The maximum absolute atomic E-state index is 13.0. The van der Waals surface area contributed by atoms with Gasteiger partial charge in [0.2, 0.25) is 0 Å². The average Bonchev–Trinajstić information content (AvgIpc) is 2.73. The largest absolute Gasteiger partial charge is 0.493 e. The summed E-state index contributed by atoms with van der Waals surface area (Å²) in [5.41, 5.74) is 0.555. The smallest absolute Gasteiger partial charge is 0.271 e. The van der Waals surface area contributed by atoms with E-state index < -0.39 is 14.9 Å². The third-order valence-corrected chi connectivity index (χ3v) is 6.31. The van der Waals surface area contributed by atoms with Crippen molar-refractivity contribution in [2.45, 2.75) is 4.90 Å². The summed E-state index contributed by atoms with van der Waals surface area (Å²) in [6, 6.07) is 8.41. The van der Waals surface area contributed by atoms with E-state index in [2.05, 4.69) is 9.62 Å². The van der Waals surface area contributed by atoms with Crippen LogP contribution in [0, 0.1) is 10.1 Å². The molecule has 1 aliphatic rings. The number of non-ortho nitro benzene ring substituents is 1. The van der Waals surface area contributed by atoms with Gasteiger partial charge in [0.05, 0.1) is 35.4 Å². The fourth-order valence-corrected chi connectivity index (χ4v) is 4.31. The molecular weight excluding hydrogens is 412 g/mol. The van der Waals surface area contributed by atoms with E-state index in [1.165, 1.54) is 44.6 Å². The first-order valence-corrected chi connectivity index (χ1v) is 10.7. The Kier molecular flexibility index (Phi) is 6.32. The molecule has 0 atom stereocenters. The van der Waals surface area contributed by atoms with E-state index in [1.807, 2.05) is 11.9 Å². The first-order chi connectivity index (χ1) is 14.2. The lowest BCUT2D eigenvalue weighted by Crippen LogP contribution is -2.44. The Morgan fingerprint density at radius 3 is 2.27 bits per heavy atom. The molecule has 3 rings (SSSR count). The van der Waals surface area contributed by atoms with Gasteiger partial charge >= 0.3 is 0 Å². The minimum Gasteiger partial charge on any atom is -0.493 e. The zero-order valence-corrected chi connectivity index (χ0v) is 17.8. The molecule has 0 amide bonds. The SMILES string of the molecule is COc1ccc(S(=O)(=O)Nc2cc([N+](=O)[O-])ccc2N2CCN(C)CC2)cc1OC. The number of anilines is 2. The summed E-state index contributed by atoms with van der Waals surface area (Å²) < 4.78 is 38.9. The van der Waals surface area contributed by atoms with Crippen LogP contribution < -0.4 is 19.1 Å². The lowest BCUT2D eigenvalue weighted by Gasteiger charge is -2.35. The van der Waals surface area contributed by atoms with Gasteiger partial charge in [0.15, 0.2) is 11.5 Å². The van der Waals surface area contributed by atoms with Crippen molar-refractivity contribution in [3.63, 3.8) is 0 Å². The van der Waals surface area contributed by atoms with Crippen molar-refractivity contribution in [2.24, 2.45) is 0 Å². The second-order valence-corrected chi connectivity index (χ2v) is 8.55. The molecule has 10 nitrogen and oxygen atoms in total. The van der Waals surface area contributed by atoms with E-state index in [0.717, 1.165) is 13.1 Å². The van der Waals surface area contributed by atoms with Crippen molar-refractivity contribution >= 4 is 27.1 Å². The predicted molar refractivity (Wildman–Crippen MR) is 113 cm³/mol. The molecule has 0 bridgehead atoms. The normalized spacial score (nSPS) is 15.0. The molecule has 0 unspecified atom stereocenters. The van der Waals surface area contributed by atoms with Crippen LogP contribution in [0.3, 0.4) is 0 Å². The molecule has 1 heterocycles. The van der Waals surface area contributed by atoms with Crippen molar-refractivity contribution in [2.75, 3.05) is 57.1 Å². The van der Waals surface area contributed by atoms with E-state index in [9.17, 15) is 18.5 Å². The molecule has 1 saturated heterocycles. The molecule has 0 radical (unpaired) electrons. The number of hydrogen-bond acceptors (Lipinski definition) is 8. The summed E-state index contributed by atoms with van der Waals surface area (Å²) in [6.07, 6.45) is 0. The van der Waals surface area contributed by atoms with Gasteiger partial charge in [0.1, 0.15) is 0 Å². The van der Waals surface area contributed by atoms with Gasteiger partial charge in [-0.2, -0.15) is 0 Å². The van der Waals surface area contributed by atoms with E-state index in [0.29, 0.717) is 24.5 Å². The van der Waals surface area contributed by atoms with Gasteiger partial charge in [-0.3, -0.25) is 14.8 Å². The van der Waals surface area contributed by atoms with Gasteiger partial charge in [-0.1, -0.05) is 0 Å². The van der Waals surface area contributed by atoms with Crippen LogP contribution >= 0.6 is 0 Å². The summed E-state index contributed by atoms with van der Waals surface area (Å²) in [4.78, 5) is 14.8. The molecule has 30 heavy (non-hydrogen) atoms. The van der Waals surface area contributed by atoms with Crippen LogP contribution in [0.4, 0.5) is 17.1 Å². The standard InChI is InChI=1S/C19H24N4O6S/c1-21-8-10-22(11-9-21)17-6-4-14(23(24)25)12-16(17)20-30(26,27)15-5-7-18(28-2)19(13-15)29-3/h4-7,12-13,20H,8-11H2,1-3H3. The van der Waals surface area contributed by atoms with E-state index in [4.69, 9.17) is 9.47 Å². The lowest BCUT2D eigenvalue weighted by molar-refractivity contribution is -0.384. The molecule has 0 aromatic heterocycles. The van der Waals surface area contributed by atoms with Crippen LogP contribution in [0.5, 0.6) is 11.5 Å². The summed E-state index contributed by atoms with van der Waals surface area (Å²) in [5.74, 6) is 0.656. The molecule has 162 valence electrons. The van der Waals surface area contributed by atoms with Gasteiger partial charge in [-0.05, 0) is 25.2 Å². The fourth-order valence-electron chi connectivity index (χ4n) is 3.23. The van der Waals surface area contributed by atoms with Crippen LogP contribution in [-0.4, -0.2) is 65.7 Å². The molecule has 2 aromatic rings. The number of nitrogens with one attached hydrogen (secondary N) is 1. The third kappa shape index (κ3) is 4.57. The van der Waals surface area contributed by atoms with Crippen molar-refractivity contribution in [1.82, 2.24) is 4.90 Å². The Bertz CT molecular complexity index is 1040. The van der Waals surface area contributed by atoms with Crippen molar-refractivity contribution in [1.29, 1.82) is 0 Å². The molecule has 11 heteroatoms. The van der Waals surface area contributed by atoms with Gasteiger partial charge in [0, 0.05) is 44.4 Å². The highest BCUT2D eigenvalue weighted by molar-refractivity contribution is 7.92. The van der Waals surface area contributed by atoms with Crippen molar-refractivity contribution in [3.8, 4) is 11.5 Å². The van der Waals surface area contributed by atoms with Crippen LogP contribution in [0.2, 0.25) is 0 Å². The highest BCUT2D eigenvalue weighted by Crippen LogP contribution is 2.34. The lowest BCUT2D eigenvalue weighted by atomic mass is 10.2. The Morgan fingerprint density at radius 2 is 1.67 bits per heavy atom. The molecule has 0 spiro atoms. The predicted octanol–water partition coefficient (Wildman–Crippen LogP) is 2.16. The second-order valence-electron chi connectivity index (χ2n) is 6.87. The molecule has 0 saturated carbocycles. The highest BCUT2D eigenvalue weighted by Gasteiger charge is 2.24. The van der Waals surface area contributed by atoms with Gasteiger partial charge in [0.25, 0.3) is 15.7 Å². The zero-order chi connectivity index (χ0) is 21.9. The monoisotopic (exact) mass is 436 g/mol. The number of piperazine rings is 1. The number of nitro groups is 1. The molecule has 1 N–H and O–H groups in total. The Morgan fingerprint density at radius 1 is 1.00 bits per heavy atom. The minimum absolute atomic E-state index is 0.0454. The van der Waals surface area contributed by atoms with Crippen LogP contribution in [-0.2, 0) is 10.0 Å². The Balaban J connectivity index is 1.99. The topological polar surface area (TPSA) is 114 Å². The molecule has 1 fully saturated rings. The average molecular weight is 436 g/mol. The van der Waals surface area contributed by atoms with Crippen molar-refractivity contribution < 1.29 is 22.8 Å². The van der Waals surface area contributed by atoms with Crippen LogP contribution in [0.15, 0.2) is 41.3 Å². The third-order valence-electron chi connectivity index (χ3n) is 4.94. The molecule has 0 aliphatic carbocycles. The summed E-state index contributed by atoms with van der Waals surface area (Å²) in [5, 5.41) is 11.3. The summed E-state index contributed by atoms with van der Waals surface area (Å²) >= 11 is 0. The zero-order valence-electron chi connectivity index (χ0n) is 17.0. The number of sulfonamides is 1.